The Hall–Kier alpha value is -2.76. The Balaban J connectivity index is 1.50. The van der Waals surface area contributed by atoms with E-state index in [0.717, 1.165) is 36.3 Å². The smallest absolute Gasteiger partial charge is 0.319 e. The molecule has 1 aromatic carbocycles. The number of allylic oxidation sites excluding steroid dienone is 1. The molecule has 0 unspecified atom stereocenters. The SMILES string of the molecule is CCOc1ccc([C@H]2NC(=O)NC3=C2C(=O)N(CCC2=CCCCC2)C3)cc1. The lowest BCUT2D eigenvalue weighted by atomic mass is 9.96. The van der Waals surface area contributed by atoms with Crippen molar-refractivity contribution in [2.45, 2.75) is 45.1 Å². The van der Waals surface area contributed by atoms with E-state index in [4.69, 9.17) is 4.74 Å². The molecule has 0 bridgehead atoms. The second-order valence-corrected chi connectivity index (χ2v) is 7.51. The van der Waals surface area contributed by atoms with Crippen molar-refractivity contribution in [3.05, 3.63) is 52.7 Å². The Bertz CT molecular complexity index is 826. The van der Waals surface area contributed by atoms with Gasteiger partial charge in [0.05, 0.1) is 30.5 Å². The van der Waals surface area contributed by atoms with Crippen molar-refractivity contribution in [3.8, 4) is 5.75 Å². The van der Waals surface area contributed by atoms with Gasteiger partial charge in [-0.1, -0.05) is 23.8 Å². The fourth-order valence-electron chi connectivity index (χ4n) is 4.19. The van der Waals surface area contributed by atoms with Crippen LogP contribution in [0.15, 0.2) is 47.2 Å². The zero-order valence-corrected chi connectivity index (χ0v) is 16.3. The quantitative estimate of drug-likeness (QED) is 0.742. The summed E-state index contributed by atoms with van der Waals surface area (Å²) in [6.45, 7) is 3.71. The van der Waals surface area contributed by atoms with Crippen LogP contribution < -0.4 is 15.4 Å². The molecule has 2 heterocycles. The fourth-order valence-corrected chi connectivity index (χ4v) is 4.19. The molecule has 0 aromatic heterocycles. The third kappa shape index (κ3) is 3.77. The summed E-state index contributed by atoms with van der Waals surface area (Å²) in [6.07, 6.45) is 8.04. The molecule has 6 nitrogen and oxygen atoms in total. The number of nitrogens with one attached hydrogen (secondary N) is 2. The van der Waals surface area contributed by atoms with Gasteiger partial charge in [0, 0.05) is 6.54 Å². The molecule has 1 aliphatic carbocycles. The van der Waals surface area contributed by atoms with E-state index in [9.17, 15) is 9.59 Å². The number of benzene rings is 1. The topological polar surface area (TPSA) is 70.7 Å². The third-order valence-corrected chi connectivity index (χ3v) is 5.63. The maximum absolute atomic E-state index is 13.1. The molecule has 3 amide bonds. The molecule has 148 valence electrons. The lowest BCUT2D eigenvalue weighted by Gasteiger charge is -2.25. The summed E-state index contributed by atoms with van der Waals surface area (Å²) in [5.41, 5.74) is 3.72. The van der Waals surface area contributed by atoms with E-state index in [2.05, 4.69) is 16.7 Å². The van der Waals surface area contributed by atoms with Crippen LogP contribution in [-0.2, 0) is 4.79 Å². The van der Waals surface area contributed by atoms with E-state index >= 15 is 0 Å². The summed E-state index contributed by atoms with van der Waals surface area (Å²) < 4.78 is 5.49. The van der Waals surface area contributed by atoms with Gasteiger partial charge in [-0.25, -0.2) is 4.79 Å². The predicted octanol–water partition coefficient (Wildman–Crippen LogP) is 3.43. The van der Waals surface area contributed by atoms with Gasteiger partial charge in [0.25, 0.3) is 5.91 Å². The minimum atomic E-state index is -0.425. The molecule has 28 heavy (non-hydrogen) atoms. The van der Waals surface area contributed by atoms with Crippen LogP contribution in [0, 0.1) is 0 Å². The van der Waals surface area contributed by atoms with E-state index < -0.39 is 6.04 Å². The Labute approximate surface area is 165 Å². The highest BCUT2D eigenvalue weighted by Gasteiger charge is 2.40. The number of carbonyl (C=O) groups excluding carboxylic acids is 2. The van der Waals surface area contributed by atoms with Crippen LogP contribution in [0.25, 0.3) is 0 Å². The van der Waals surface area contributed by atoms with Gasteiger partial charge < -0.3 is 20.3 Å². The van der Waals surface area contributed by atoms with Crippen LogP contribution in [0.4, 0.5) is 4.79 Å². The molecule has 0 saturated heterocycles. The Morgan fingerprint density at radius 1 is 1.18 bits per heavy atom. The second-order valence-electron chi connectivity index (χ2n) is 7.51. The standard InChI is InChI=1S/C22H27N3O3/c1-2-28-17-10-8-16(9-11-17)20-19-18(23-22(27)24-20)14-25(21(19)26)13-12-15-6-4-3-5-7-15/h6,8-11,20H,2-5,7,12-14H2,1H3,(H2,23,24,27)/t20-/m1/s1. The minimum absolute atomic E-state index is 0.0118. The number of ether oxygens (including phenoxy) is 1. The number of hydrogen-bond acceptors (Lipinski definition) is 3. The van der Waals surface area contributed by atoms with Gasteiger partial charge in [-0.15, -0.1) is 0 Å². The van der Waals surface area contributed by atoms with Gasteiger partial charge in [-0.3, -0.25) is 4.79 Å². The highest BCUT2D eigenvalue weighted by atomic mass is 16.5. The van der Waals surface area contributed by atoms with Crippen molar-refractivity contribution in [3.63, 3.8) is 0 Å². The van der Waals surface area contributed by atoms with Crippen molar-refractivity contribution >= 4 is 11.9 Å². The monoisotopic (exact) mass is 381 g/mol. The van der Waals surface area contributed by atoms with Crippen molar-refractivity contribution < 1.29 is 14.3 Å². The molecule has 0 radical (unpaired) electrons. The van der Waals surface area contributed by atoms with E-state index in [-0.39, 0.29) is 11.9 Å². The summed E-state index contributed by atoms with van der Waals surface area (Å²) in [5, 5.41) is 5.74. The maximum atomic E-state index is 13.1. The Kier molecular flexibility index (Phi) is 5.37. The first kappa shape index (κ1) is 18.6. The first-order valence-corrected chi connectivity index (χ1v) is 10.2. The van der Waals surface area contributed by atoms with Crippen LogP contribution in [-0.4, -0.2) is 36.5 Å². The first-order valence-electron chi connectivity index (χ1n) is 10.2. The van der Waals surface area contributed by atoms with Gasteiger partial charge in [-0.2, -0.15) is 0 Å². The molecular formula is C22H27N3O3. The normalized spacial score (nSPS) is 21.8. The lowest BCUT2D eigenvalue weighted by molar-refractivity contribution is -0.125. The van der Waals surface area contributed by atoms with E-state index in [1.807, 2.05) is 36.1 Å². The number of nitrogens with zero attached hydrogens (tertiary/aromatic N) is 1. The number of urea groups is 1. The second kappa shape index (κ2) is 8.09. The van der Waals surface area contributed by atoms with Crippen LogP contribution in [0.5, 0.6) is 5.75 Å². The Morgan fingerprint density at radius 3 is 2.71 bits per heavy atom. The number of amides is 3. The van der Waals surface area contributed by atoms with Gasteiger partial charge in [0.15, 0.2) is 0 Å². The molecule has 2 aliphatic heterocycles. The summed E-state index contributed by atoms with van der Waals surface area (Å²) in [4.78, 5) is 27.1. The van der Waals surface area contributed by atoms with Crippen LogP contribution in [0.3, 0.4) is 0 Å². The van der Waals surface area contributed by atoms with Crippen LogP contribution in [0.1, 0.15) is 50.6 Å². The lowest BCUT2D eigenvalue weighted by Crippen LogP contribution is -2.44. The largest absolute Gasteiger partial charge is 0.494 e. The number of rotatable bonds is 6. The molecule has 3 aliphatic rings. The minimum Gasteiger partial charge on any atom is -0.494 e. The summed E-state index contributed by atoms with van der Waals surface area (Å²) in [5.74, 6) is 0.790. The van der Waals surface area contributed by atoms with E-state index in [1.54, 1.807) is 0 Å². The molecule has 1 atom stereocenters. The van der Waals surface area contributed by atoms with E-state index in [1.165, 1.54) is 18.4 Å². The third-order valence-electron chi connectivity index (χ3n) is 5.63. The van der Waals surface area contributed by atoms with Crippen molar-refractivity contribution in [2.75, 3.05) is 19.7 Å². The summed E-state index contributed by atoms with van der Waals surface area (Å²) in [6, 6.07) is 6.89. The van der Waals surface area contributed by atoms with Gasteiger partial charge >= 0.3 is 6.03 Å². The molecule has 0 saturated carbocycles. The molecule has 1 aromatic rings. The molecule has 4 rings (SSSR count). The van der Waals surface area contributed by atoms with Crippen LogP contribution in [0.2, 0.25) is 0 Å². The van der Waals surface area contributed by atoms with Gasteiger partial charge in [-0.05, 0) is 56.7 Å². The molecule has 0 fully saturated rings. The van der Waals surface area contributed by atoms with E-state index in [0.29, 0.717) is 25.3 Å². The summed E-state index contributed by atoms with van der Waals surface area (Å²) in [7, 11) is 0. The number of hydrogen-bond donors (Lipinski definition) is 2. The fraction of sp³-hybridized carbons (Fsp3) is 0.455. The molecular weight excluding hydrogens is 354 g/mol. The van der Waals surface area contributed by atoms with Gasteiger partial charge in [0.2, 0.25) is 0 Å². The molecule has 2 N–H and O–H groups in total. The Morgan fingerprint density at radius 2 is 2.00 bits per heavy atom. The van der Waals surface area contributed by atoms with Gasteiger partial charge in [0.1, 0.15) is 5.75 Å². The summed E-state index contributed by atoms with van der Waals surface area (Å²) >= 11 is 0. The van der Waals surface area contributed by atoms with Crippen molar-refractivity contribution in [2.24, 2.45) is 0 Å². The van der Waals surface area contributed by atoms with Crippen LogP contribution >= 0.6 is 0 Å². The first-order chi connectivity index (χ1) is 13.7. The van der Waals surface area contributed by atoms with Crippen molar-refractivity contribution in [1.82, 2.24) is 15.5 Å². The number of carbonyl (C=O) groups is 2. The molecule has 0 spiro atoms. The molecule has 6 heteroatoms. The highest BCUT2D eigenvalue weighted by molar-refractivity contribution is 6.01. The maximum Gasteiger partial charge on any atom is 0.319 e. The predicted molar refractivity (Wildman–Crippen MR) is 107 cm³/mol. The average molecular weight is 381 g/mol. The zero-order chi connectivity index (χ0) is 19.5. The zero-order valence-electron chi connectivity index (χ0n) is 16.3. The average Bonchev–Trinajstić information content (AvgIpc) is 3.03. The van der Waals surface area contributed by atoms with Crippen molar-refractivity contribution in [1.29, 1.82) is 0 Å². The highest BCUT2D eigenvalue weighted by Crippen LogP contribution is 2.33.